The molecule has 0 amide bonds. The molecule has 6 aromatic carbocycles. The van der Waals surface area contributed by atoms with Crippen molar-refractivity contribution in [3.63, 3.8) is 0 Å². The normalized spacial score (nSPS) is 21.9. The Hall–Kier alpha value is -6.72. The Morgan fingerprint density at radius 1 is 0.614 bits per heavy atom. The predicted molar refractivity (Wildman–Crippen MR) is 238 cm³/mol. The first-order valence-electron chi connectivity index (χ1n) is 20.1. The van der Waals surface area contributed by atoms with Gasteiger partial charge in [-0.3, -0.25) is 0 Å². The van der Waals surface area contributed by atoms with E-state index in [1.165, 1.54) is 43.6 Å². The molecule has 2 aromatic heterocycles. The van der Waals surface area contributed by atoms with Crippen LogP contribution in [0.3, 0.4) is 0 Å². The fraction of sp³-hybridized carbons (Fsp3) is 0.154. The van der Waals surface area contributed by atoms with E-state index in [1.54, 1.807) is 0 Å². The molecule has 11 rings (SSSR count). The highest BCUT2D eigenvalue weighted by molar-refractivity contribution is 6.19. The largest absolute Gasteiger partial charge is 0.333 e. The van der Waals surface area contributed by atoms with Crippen molar-refractivity contribution in [1.29, 1.82) is 0 Å². The molecule has 0 N–H and O–H groups in total. The van der Waals surface area contributed by atoms with E-state index in [-0.39, 0.29) is 11.6 Å². The number of aliphatic imine (C=N–C) groups is 2. The number of nitrogens with zero attached hydrogens (tertiary/aromatic N) is 5. The Morgan fingerprint density at radius 3 is 1.84 bits per heavy atom. The van der Waals surface area contributed by atoms with Crippen LogP contribution in [0.15, 0.2) is 192 Å². The number of amidine groups is 2. The molecule has 0 radical (unpaired) electrons. The Bertz CT molecular complexity index is 3030. The molecule has 2 aliphatic carbocycles. The zero-order valence-corrected chi connectivity index (χ0v) is 32.4. The van der Waals surface area contributed by atoms with E-state index >= 15 is 0 Å². The van der Waals surface area contributed by atoms with Crippen molar-refractivity contribution in [2.75, 3.05) is 7.05 Å². The lowest BCUT2D eigenvalue weighted by Crippen LogP contribution is -2.38. The molecule has 5 heteroatoms. The Balaban J connectivity index is 1.03. The van der Waals surface area contributed by atoms with Gasteiger partial charge in [0.15, 0.2) is 5.84 Å². The topological polar surface area (TPSA) is 37.8 Å². The minimum Gasteiger partial charge on any atom is -0.333 e. The lowest BCUT2D eigenvalue weighted by molar-refractivity contribution is 0.275. The number of benzene rings is 6. The summed E-state index contributed by atoms with van der Waals surface area (Å²) in [6.07, 6.45) is 12.8. The number of fused-ring (bicyclic) bond motifs is 7. The number of hydrogen-bond acceptors (Lipinski definition) is 3. The number of para-hydroxylation sites is 3. The summed E-state index contributed by atoms with van der Waals surface area (Å²) < 4.78 is 4.82. The maximum Gasteiger partial charge on any atom is 0.159 e. The van der Waals surface area contributed by atoms with Crippen LogP contribution in [0.25, 0.3) is 55.0 Å². The summed E-state index contributed by atoms with van der Waals surface area (Å²) in [6, 6.07) is 52.4. The summed E-state index contributed by atoms with van der Waals surface area (Å²) >= 11 is 0. The molecule has 0 saturated heterocycles. The van der Waals surface area contributed by atoms with E-state index < -0.39 is 0 Å². The predicted octanol–water partition coefficient (Wildman–Crippen LogP) is 12.4. The second-order valence-corrected chi connectivity index (χ2v) is 16.3. The van der Waals surface area contributed by atoms with Crippen LogP contribution in [0.5, 0.6) is 0 Å². The van der Waals surface area contributed by atoms with Crippen molar-refractivity contribution in [2.24, 2.45) is 27.2 Å². The zero-order valence-electron chi connectivity index (χ0n) is 32.4. The SMILES string of the molecule is CC1C=CC2C=C(C3=NC(c4ccccc4)=NC(c4ccc(-n5c6ccccc6c6cc7c(cc65)c5ccccc5n7-c5ccccc5)cc4)N3C)C=CC2(C)C1. The van der Waals surface area contributed by atoms with Gasteiger partial charge in [0.05, 0.1) is 22.1 Å². The van der Waals surface area contributed by atoms with Gasteiger partial charge in [-0.1, -0.05) is 141 Å². The number of hydrogen-bond donors (Lipinski definition) is 0. The molecule has 3 heterocycles. The molecule has 4 unspecified atom stereocenters. The van der Waals surface area contributed by atoms with Crippen molar-refractivity contribution in [3.05, 3.63) is 193 Å². The van der Waals surface area contributed by atoms with Crippen molar-refractivity contribution in [3.8, 4) is 11.4 Å². The third-order valence-corrected chi connectivity index (χ3v) is 12.6. The number of aromatic nitrogens is 2. The molecule has 0 spiro atoms. The van der Waals surface area contributed by atoms with Gasteiger partial charge >= 0.3 is 0 Å². The maximum absolute atomic E-state index is 5.32. The fourth-order valence-corrected chi connectivity index (χ4v) is 9.71. The molecule has 0 fully saturated rings. The zero-order chi connectivity index (χ0) is 38.3. The first-order valence-corrected chi connectivity index (χ1v) is 20.1. The monoisotopic (exact) mass is 737 g/mol. The Labute approximate surface area is 332 Å². The number of rotatable bonds is 5. The van der Waals surface area contributed by atoms with Crippen LogP contribution in [-0.2, 0) is 0 Å². The van der Waals surface area contributed by atoms with E-state index in [0.29, 0.717) is 11.8 Å². The molecule has 0 bridgehead atoms. The third-order valence-electron chi connectivity index (χ3n) is 12.6. The van der Waals surface area contributed by atoms with Gasteiger partial charge in [-0.25, -0.2) is 9.98 Å². The molecule has 3 aliphatic rings. The summed E-state index contributed by atoms with van der Waals surface area (Å²) in [5, 5.41) is 4.96. The Kier molecular flexibility index (Phi) is 7.62. The first kappa shape index (κ1) is 33.6. The minimum absolute atomic E-state index is 0.120. The summed E-state index contributed by atoms with van der Waals surface area (Å²) in [6.45, 7) is 4.70. The lowest BCUT2D eigenvalue weighted by Gasteiger charge is -2.41. The van der Waals surface area contributed by atoms with E-state index in [9.17, 15) is 0 Å². The highest BCUT2D eigenvalue weighted by Gasteiger charge is 2.37. The van der Waals surface area contributed by atoms with Crippen LogP contribution in [0, 0.1) is 17.3 Å². The molecular weight excluding hydrogens is 695 g/mol. The molecule has 1 aliphatic heterocycles. The molecule has 8 aromatic rings. The van der Waals surface area contributed by atoms with Gasteiger partial charge in [0.1, 0.15) is 12.0 Å². The van der Waals surface area contributed by atoms with Crippen molar-refractivity contribution >= 4 is 55.3 Å². The smallest absolute Gasteiger partial charge is 0.159 e. The summed E-state index contributed by atoms with van der Waals surface area (Å²) in [7, 11) is 2.13. The van der Waals surface area contributed by atoms with E-state index in [1.807, 2.05) is 6.07 Å². The van der Waals surface area contributed by atoms with Gasteiger partial charge in [0.2, 0.25) is 0 Å². The standard InChI is InChI=1S/C52H43N5/c1-34-22-25-38-30-37(28-29-52(38,2)33-34)51-54-49(35-14-6-4-7-15-35)53-50(55(51)3)36-23-26-40(27-24-36)57-46-21-13-11-19-42(46)44-31-47-43(32-48(44)57)41-18-10-12-20-45(41)56(47)39-16-8-5-9-17-39/h4-32,34,38,50H,33H2,1-3H3. The molecule has 0 saturated carbocycles. The average Bonchev–Trinajstić information content (AvgIpc) is 3.75. The van der Waals surface area contributed by atoms with Crippen molar-refractivity contribution < 1.29 is 0 Å². The molecule has 5 nitrogen and oxygen atoms in total. The van der Waals surface area contributed by atoms with Crippen LogP contribution in [0.4, 0.5) is 0 Å². The Morgan fingerprint density at radius 2 is 1.19 bits per heavy atom. The molecular formula is C52H43N5. The number of allylic oxidation sites excluding steroid dienone is 4. The van der Waals surface area contributed by atoms with E-state index in [4.69, 9.17) is 9.98 Å². The molecule has 276 valence electrons. The van der Waals surface area contributed by atoms with Gasteiger partial charge in [-0.2, -0.15) is 0 Å². The quantitative estimate of drug-likeness (QED) is 0.162. The van der Waals surface area contributed by atoms with Crippen LogP contribution < -0.4 is 0 Å². The molecule has 4 atom stereocenters. The first-order chi connectivity index (χ1) is 27.9. The van der Waals surface area contributed by atoms with Gasteiger partial charge in [-0.05, 0) is 71.8 Å². The van der Waals surface area contributed by atoms with Crippen LogP contribution >= 0.6 is 0 Å². The summed E-state index contributed by atoms with van der Waals surface area (Å²) in [5.74, 6) is 2.62. The van der Waals surface area contributed by atoms with Crippen LogP contribution in [0.2, 0.25) is 0 Å². The lowest BCUT2D eigenvalue weighted by atomic mass is 9.65. The molecule has 57 heavy (non-hydrogen) atoms. The average molecular weight is 738 g/mol. The fourth-order valence-electron chi connectivity index (χ4n) is 9.71. The van der Waals surface area contributed by atoms with Crippen LogP contribution in [0.1, 0.15) is 37.6 Å². The van der Waals surface area contributed by atoms with E-state index in [2.05, 4.69) is 205 Å². The van der Waals surface area contributed by atoms with Gasteiger partial charge in [-0.15, -0.1) is 0 Å². The highest BCUT2D eigenvalue weighted by atomic mass is 15.3. The van der Waals surface area contributed by atoms with Gasteiger partial charge in [0, 0.05) is 57.0 Å². The third kappa shape index (κ3) is 5.37. The highest BCUT2D eigenvalue weighted by Crippen LogP contribution is 2.46. The van der Waals surface area contributed by atoms with Crippen molar-refractivity contribution in [2.45, 2.75) is 26.4 Å². The second-order valence-electron chi connectivity index (χ2n) is 16.3. The van der Waals surface area contributed by atoms with Gasteiger partial charge in [0.25, 0.3) is 0 Å². The van der Waals surface area contributed by atoms with E-state index in [0.717, 1.165) is 46.2 Å². The second kappa shape index (κ2) is 12.9. The maximum atomic E-state index is 5.32. The van der Waals surface area contributed by atoms with Gasteiger partial charge < -0.3 is 14.0 Å². The summed E-state index contributed by atoms with van der Waals surface area (Å²) in [5.41, 5.74) is 10.5. The van der Waals surface area contributed by atoms with Crippen LogP contribution in [-0.4, -0.2) is 32.8 Å². The number of likely N-dealkylation sites (N-methyl/N-ethyl adjacent to an activating group) is 1. The summed E-state index contributed by atoms with van der Waals surface area (Å²) in [4.78, 5) is 12.8. The minimum atomic E-state index is -0.242. The van der Waals surface area contributed by atoms with Crippen molar-refractivity contribution in [1.82, 2.24) is 14.0 Å².